The molecule has 0 aliphatic heterocycles. The van der Waals surface area contributed by atoms with E-state index in [1.165, 1.54) is 11.5 Å². The summed E-state index contributed by atoms with van der Waals surface area (Å²) in [6.07, 6.45) is 0. The number of anilines is 2. The summed E-state index contributed by atoms with van der Waals surface area (Å²) in [7, 11) is 1.86. The van der Waals surface area contributed by atoms with Crippen molar-refractivity contribution in [1.82, 2.24) is 9.36 Å². The van der Waals surface area contributed by atoms with E-state index in [1.54, 1.807) is 0 Å². The molecule has 1 heterocycles. The van der Waals surface area contributed by atoms with Crippen molar-refractivity contribution in [3.05, 3.63) is 0 Å². The third kappa shape index (κ3) is 2.07. The van der Waals surface area contributed by atoms with E-state index >= 15 is 0 Å². The van der Waals surface area contributed by atoms with E-state index < -0.39 is 0 Å². The van der Waals surface area contributed by atoms with E-state index in [2.05, 4.69) is 9.36 Å². The molecule has 0 amide bonds. The topological polar surface area (TPSA) is 75.3 Å². The minimum Gasteiger partial charge on any atom is -0.394 e. The van der Waals surface area contributed by atoms with Gasteiger partial charge in [0, 0.05) is 18.6 Å². The fourth-order valence-corrected chi connectivity index (χ4v) is 1.45. The highest BCUT2D eigenvalue weighted by Gasteiger charge is 2.25. The molecule has 74 valence electrons. The monoisotopic (exact) mass is 202 g/mol. The van der Waals surface area contributed by atoms with Gasteiger partial charge >= 0.3 is 0 Å². The van der Waals surface area contributed by atoms with Gasteiger partial charge in [0.25, 0.3) is 0 Å². The van der Waals surface area contributed by atoms with Crippen LogP contribution in [0.25, 0.3) is 0 Å². The zero-order chi connectivity index (χ0) is 10.1. The average Bonchev–Trinajstić information content (AvgIpc) is 2.50. The first kappa shape index (κ1) is 10.2. The highest BCUT2D eigenvalue weighted by atomic mass is 32.1. The number of nitrogens with two attached hydrogens (primary N) is 1. The van der Waals surface area contributed by atoms with Crippen molar-refractivity contribution >= 4 is 22.6 Å². The fourth-order valence-electron chi connectivity index (χ4n) is 0.728. The SMILES string of the molecule is CN(c1nc(N)ns1)C(C)(C)CO. The molecule has 6 heteroatoms. The number of nitrogen functional groups attached to an aromatic ring is 1. The lowest BCUT2D eigenvalue weighted by Gasteiger charge is -2.33. The normalized spacial score (nSPS) is 11.7. The standard InChI is InChI=1S/C7H14N4OS/c1-7(2,4-12)11(3)6-9-5(8)10-13-6/h12H,4H2,1-3H3,(H2,8,10). The van der Waals surface area contributed by atoms with Crippen LogP contribution in [0.2, 0.25) is 0 Å². The molecule has 0 atom stereocenters. The van der Waals surface area contributed by atoms with Crippen molar-refractivity contribution in [2.24, 2.45) is 0 Å². The fraction of sp³-hybridized carbons (Fsp3) is 0.714. The lowest BCUT2D eigenvalue weighted by atomic mass is 10.1. The van der Waals surface area contributed by atoms with Crippen molar-refractivity contribution in [3.63, 3.8) is 0 Å². The zero-order valence-corrected chi connectivity index (χ0v) is 8.80. The maximum Gasteiger partial charge on any atom is 0.233 e. The summed E-state index contributed by atoms with van der Waals surface area (Å²) in [6, 6.07) is 0. The van der Waals surface area contributed by atoms with Gasteiger partial charge in [0.15, 0.2) is 0 Å². The van der Waals surface area contributed by atoms with Crippen LogP contribution in [0, 0.1) is 0 Å². The van der Waals surface area contributed by atoms with E-state index in [4.69, 9.17) is 10.8 Å². The van der Waals surface area contributed by atoms with Gasteiger partial charge in [0.2, 0.25) is 11.1 Å². The minimum absolute atomic E-state index is 0.0585. The number of hydrogen-bond donors (Lipinski definition) is 2. The van der Waals surface area contributed by atoms with Gasteiger partial charge in [0.1, 0.15) is 0 Å². The molecule has 0 aliphatic carbocycles. The zero-order valence-electron chi connectivity index (χ0n) is 7.98. The molecule has 1 aromatic rings. The number of aliphatic hydroxyl groups excluding tert-OH is 1. The van der Waals surface area contributed by atoms with Crippen molar-refractivity contribution in [1.29, 1.82) is 0 Å². The second kappa shape index (κ2) is 3.47. The molecule has 5 nitrogen and oxygen atoms in total. The van der Waals surface area contributed by atoms with E-state index in [1.807, 2.05) is 25.8 Å². The Labute approximate surface area is 81.4 Å². The Morgan fingerprint density at radius 2 is 2.23 bits per heavy atom. The summed E-state index contributed by atoms with van der Waals surface area (Å²) >= 11 is 1.23. The molecule has 0 unspecified atom stereocenters. The number of hydrogen-bond acceptors (Lipinski definition) is 6. The summed E-state index contributed by atoms with van der Waals surface area (Å²) in [6.45, 7) is 3.90. The van der Waals surface area contributed by atoms with Gasteiger partial charge in [-0.1, -0.05) is 0 Å². The highest BCUT2D eigenvalue weighted by Crippen LogP contribution is 2.23. The summed E-state index contributed by atoms with van der Waals surface area (Å²) in [5, 5.41) is 9.84. The number of nitrogens with zero attached hydrogens (tertiary/aromatic N) is 3. The Balaban J connectivity index is 2.84. The third-order valence-electron chi connectivity index (χ3n) is 2.01. The Bertz CT molecular complexity index is 286. The van der Waals surface area contributed by atoms with Gasteiger partial charge in [-0.05, 0) is 13.8 Å². The first-order chi connectivity index (χ1) is 5.97. The first-order valence-corrected chi connectivity index (χ1v) is 4.68. The van der Waals surface area contributed by atoms with Crippen molar-refractivity contribution in [3.8, 4) is 0 Å². The summed E-state index contributed by atoms with van der Waals surface area (Å²) in [4.78, 5) is 5.89. The first-order valence-electron chi connectivity index (χ1n) is 3.91. The van der Waals surface area contributed by atoms with E-state index in [0.29, 0.717) is 0 Å². The van der Waals surface area contributed by atoms with Crippen LogP contribution in [0.15, 0.2) is 0 Å². The number of aliphatic hydroxyl groups is 1. The van der Waals surface area contributed by atoms with E-state index in [-0.39, 0.29) is 18.1 Å². The Morgan fingerprint density at radius 3 is 2.62 bits per heavy atom. The lowest BCUT2D eigenvalue weighted by Crippen LogP contribution is -2.44. The molecule has 0 aromatic carbocycles. The molecule has 0 radical (unpaired) electrons. The van der Waals surface area contributed by atoms with Crippen molar-refractivity contribution in [2.75, 3.05) is 24.3 Å². The van der Waals surface area contributed by atoms with Crippen LogP contribution in [0.3, 0.4) is 0 Å². The van der Waals surface area contributed by atoms with Crippen molar-refractivity contribution < 1.29 is 5.11 Å². The van der Waals surface area contributed by atoms with Gasteiger partial charge < -0.3 is 15.7 Å². The summed E-state index contributed by atoms with van der Waals surface area (Å²) < 4.78 is 3.87. The quantitative estimate of drug-likeness (QED) is 0.738. The van der Waals surface area contributed by atoms with Crippen LogP contribution in [0.4, 0.5) is 11.1 Å². The smallest absolute Gasteiger partial charge is 0.233 e. The lowest BCUT2D eigenvalue weighted by molar-refractivity contribution is 0.216. The molecular formula is C7H14N4OS. The molecule has 3 N–H and O–H groups in total. The Morgan fingerprint density at radius 1 is 1.62 bits per heavy atom. The van der Waals surface area contributed by atoms with E-state index in [9.17, 15) is 0 Å². The maximum absolute atomic E-state index is 9.12. The second-order valence-electron chi connectivity index (χ2n) is 3.46. The highest BCUT2D eigenvalue weighted by molar-refractivity contribution is 7.09. The van der Waals surface area contributed by atoms with Gasteiger partial charge in [-0.2, -0.15) is 9.36 Å². The predicted molar refractivity (Wildman–Crippen MR) is 53.9 cm³/mol. The van der Waals surface area contributed by atoms with Gasteiger partial charge in [-0.15, -0.1) is 0 Å². The minimum atomic E-state index is -0.341. The number of rotatable bonds is 3. The average molecular weight is 202 g/mol. The van der Waals surface area contributed by atoms with Gasteiger partial charge in [0.05, 0.1) is 12.1 Å². The molecule has 0 fully saturated rings. The van der Waals surface area contributed by atoms with Crippen LogP contribution in [0.1, 0.15) is 13.8 Å². The Hall–Kier alpha value is -0.880. The molecule has 13 heavy (non-hydrogen) atoms. The molecule has 0 saturated heterocycles. The Kier molecular flexibility index (Phi) is 2.72. The molecule has 0 bridgehead atoms. The van der Waals surface area contributed by atoms with Gasteiger partial charge in [-0.3, -0.25) is 0 Å². The van der Waals surface area contributed by atoms with Crippen molar-refractivity contribution in [2.45, 2.75) is 19.4 Å². The van der Waals surface area contributed by atoms with Gasteiger partial charge in [-0.25, -0.2) is 0 Å². The molecule has 0 saturated carbocycles. The molecule has 0 spiro atoms. The molecule has 1 rings (SSSR count). The second-order valence-corrected chi connectivity index (χ2v) is 4.20. The maximum atomic E-state index is 9.12. The van der Waals surface area contributed by atoms with Crippen LogP contribution in [-0.4, -0.2) is 33.7 Å². The van der Waals surface area contributed by atoms with Crippen LogP contribution in [0.5, 0.6) is 0 Å². The molecule has 0 aliphatic rings. The van der Waals surface area contributed by atoms with Crippen LogP contribution in [-0.2, 0) is 0 Å². The molecular weight excluding hydrogens is 188 g/mol. The predicted octanol–water partition coefficient (Wildman–Crippen LogP) is 0.327. The summed E-state index contributed by atoms with van der Waals surface area (Å²) in [5.74, 6) is 0.278. The number of aromatic nitrogens is 2. The third-order valence-corrected chi connectivity index (χ3v) is 2.82. The largest absolute Gasteiger partial charge is 0.394 e. The van der Waals surface area contributed by atoms with E-state index in [0.717, 1.165) is 5.13 Å². The summed E-state index contributed by atoms with van der Waals surface area (Å²) in [5.41, 5.74) is 5.06. The van der Waals surface area contributed by atoms with Crippen LogP contribution >= 0.6 is 11.5 Å². The van der Waals surface area contributed by atoms with Crippen LogP contribution < -0.4 is 10.6 Å². The number of likely N-dealkylation sites (N-methyl/N-ethyl adjacent to an activating group) is 1. The molecule has 1 aromatic heterocycles.